The first-order valence-electron chi connectivity index (χ1n) is 10.6. The molecule has 0 aliphatic carbocycles. The van der Waals surface area contributed by atoms with Gasteiger partial charge in [-0.2, -0.15) is 18.3 Å². The number of benzene rings is 1. The lowest BCUT2D eigenvalue weighted by Crippen LogP contribution is -2.33. The smallest absolute Gasteiger partial charge is 0.297 e. The molecule has 4 nitrogen and oxygen atoms in total. The Morgan fingerprint density at radius 1 is 1.03 bits per heavy atom. The molecule has 0 unspecified atom stereocenters. The molecular weight excluding hydrogens is 401 g/mol. The number of hydrogen-bond donors (Lipinski definition) is 0. The first-order chi connectivity index (χ1) is 14.8. The van der Waals surface area contributed by atoms with Crippen molar-refractivity contribution in [3.63, 3.8) is 0 Å². The van der Waals surface area contributed by atoms with Crippen molar-refractivity contribution in [1.82, 2.24) is 19.7 Å². The number of likely N-dealkylation sites (tertiary alicyclic amines) is 1. The van der Waals surface area contributed by atoms with Gasteiger partial charge in [0.25, 0.3) is 0 Å². The van der Waals surface area contributed by atoms with Gasteiger partial charge in [-0.1, -0.05) is 18.2 Å². The first-order valence-corrected chi connectivity index (χ1v) is 10.6. The summed E-state index contributed by atoms with van der Waals surface area (Å²) in [7, 11) is 1.96. The molecular formula is C24H27F3N4. The fraction of sp³-hybridized carbons (Fsp3) is 0.417. The number of aromatic nitrogens is 3. The Bertz CT molecular complexity index is 1030. The summed E-state index contributed by atoms with van der Waals surface area (Å²) in [5, 5.41) is 4.23. The van der Waals surface area contributed by atoms with Gasteiger partial charge in [-0.15, -0.1) is 0 Å². The van der Waals surface area contributed by atoms with Gasteiger partial charge < -0.3 is 0 Å². The van der Waals surface area contributed by atoms with Gasteiger partial charge in [0.05, 0.1) is 11.3 Å². The largest absolute Gasteiger partial charge is 0.416 e. The second-order valence-electron chi connectivity index (χ2n) is 8.41. The van der Waals surface area contributed by atoms with Crippen LogP contribution in [0, 0.1) is 6.92 Å². The average molecular weight is 429 g/mol. The molecule has 1 aliphatic heterocycles. The number of alkyl halides is 3. The molecule has 0 radical (unpaired) electrons. The highest BCUT2D eigenvalue weighted by Crippen LogP contribution is 2.31. The lowest BCUT2D eigenvalue weighted by atomic mass is 9.91. The van der Waals surface area contributed by atoms with Gasteiger partial charge in [0, 0.05) is 37.1 Å². The lowest BCUT2D eigenvalue weighted by Gasteiger charge is -2.31. The molecule has 3 heterocycles. The number of hydrogen-bond acceptors (Lipinski definition) is 3. The molecule has 0 amide bonds. The monoisotopic (exact) mass is 428 g/mol. The van der Waals surface area contributed by atoms with Gasteiger partial charge in [0.1, 0.15) is 0 Å². The van der Waals surface area contributed by atoms with E-state index >= 15 is 0 Å². The summed E-state index contributed by atoms with van der Waals surface area (Å²) in [5.74, 6) is 0.378. The van der Waals surface area contributed by atoms with E-state index in [2.05, 4.69) is 16.1 Å². The van der Waals surface area contributed by atoms with Gasteiger partial charge in [-0.25, -0.2) is 0 Å². The van der Waals surface area contributed by atoms with Crippen LogP contribution in [0.25, 0.3) is 0 Å². The summed E-state index contributed by atoms with van der Waals surface area (Å²) in [6.45, 7) is 4.84. The fourth-order valence-corrected chi connectivity index (χ4v) is 4.35. The Hall–Kier alpha value is -2.67. The Morgan fingerprint density at radius 2 is 1.81 bits per heavy atom. The third kappa shape index (κ3) is 5.34. The molecule has 1 saturated heterocycles. The SMILES string of the molecule is Cc1cc(Cc2cccc(C(F)(F)F)c2)cc(C2CCN(Cc3ccnn3C)CC2)n1. The van der Waals surface area contributed by atoms with E-state index in [1.54, 1.807) is 6.07 Å². The summed E-state index contributed by atoms with van der Waals surface area (Å²) in [5.41, 5.74) is 4.25. The van der Waals surface area contributed by atoms with Crippen molar-refractivity contribution in [3.05, 3.63) is 82.4 Å². The second-order valence-corrected chi connectivity index (χ2v) is 8.41. The van der Waals surface area contributed by atoms with Crippen LogP contribution in [0.4, 0.5) is 13.2 Å². The third-order valence-corrected chi connectivity index (χ3v) is 6.01. The summed E-state index contributed by atoms with van der Waals surface area (Å²) in [4.78, 5) is 7.20. The number of piperidine rings is 1. The van der Waals surface area contributed by atoms with E-state index < -0.39 is 11.7 Å². The highest BCUT2D eigenvalue weighted by atomic mass is 19.4. The zero-order valence-electron chi connectivity index (χ0n) is 17.9. The molecule has 31 heavy (non-hydrogen) atoms. The summed E-state index contributed by atoms with van der Waals surface area (Å²) in [6, 6.07) is 11.7. The van der Waals surface area contributed by atoms with Crippen molar-refractivity contribution in [2.45, 2.75) is 44.8 Å². The molecule has 0 bridgehead atoms. The van der Waals surface area contributed by atoms with Crippen molar-refractivity contribution in [3.8, 4) is 0 Å². The molecule has 0 atom stereocenters. The number of rotatable bonds is 5. The van der Waals surface area contributed by atoms with Crippen molar-refractivity contribution < 1.29 is 13.2 Å². The summed E-state index contributed by atoms with van der Waals surface area (Å²) in [6.07, 6.45) is 0.0255. The van der Waals surface area contributed by atoms with E-state index in [0.717, 1.165) is 55.5 Å². The Balaban J connectivity index is 1.43. The molecule has 1 aliphatic rings. The number of pyridine rings is 1. The zero-order valence-corrected chi connectivity index (χ0v) is 17.9. The van der Waals surface area contributed by atoms with Crippen LogP contribution in [0.1, 0.15) is 52.5 Å². The van der Waals surface area contributed by atoms with Crippen molar-refractivity contribution in [1.29, 1.82) is 0 Å². The van der Waals surface area contributed by atoms with Crippen molar-refractivity contribution >= 4 is 0 Å². The van der Waals surface area contributed by atoms with Crippen LogP contribution in [0.2, 0.25) is 0 Å². The van der Waals surface area contributed by atoms with E-state index in [4.69, 9.17) is 4.98 Å². The predicted octanol–water partition coefficient (Wildman–Crippen LogP) is 5.11. The Labute approximate surface area is 180 Å². The Morgan fingerprint density at radius 3 is 2.48 bits per heavy atom. The van der Waals surface area contributed by atoms with Crippen LogP contribution in [0.3, 0.4) is 0 Å². The van der Waals surface area contributed by atoms with Gasteiger partial charge in [-0.05, 0) is 74.7 Å². The van der Waals surface area contributed by atoms with Gasteiger partial charge in [-0.3, -0.25) is 14.6 Å². The minimum absolute atomic E-state index is 0.378. The second kappa shape index (κ2) is 8.83. The lowest BCUT2D eigenvalue weighted by molar-refractivity contribution is -0.137. The van der Waals surface area contributed by atoms with E-state index in [1.807, 2.05) is 37.0 Å². The van der Waals surface area contributed by atoms with E-state index in [-0.39, 0.29) is 0 Å². The fourth-order valence-electron chi connectivity index (χ4n) is 4.35. The minimum atomic E-state index is -4.32. The van der Waals surface area contributed by atoms with Crippen LogP contribution in [-0.2, 0) is 26.2 Å². The minimum Gasteiger partial charge on any atom is -0.297 e. The van der Waals surface area contributed by atoms with Gasteiger partial charge >= 0.3 is 6.18 Å². The molecule has 1 aromatic carbocycles. The predicted molar refractivity (Wildman–Crippen MR) is 114 cm³/mol. The molecule has 1 fully saturated rings. The first kappa shape index (κ1) is 21.6. The molecule has 0 spiro atoms. The average Bonchev–Trinajstić information content (AvgIpc) is 3.12. The van der Waals surface area contributed by atoms with E-state index in [9.17, 15) is 13.2 Å². The van der Waals surface area contributed by atoms with Crippen molar-refractivity contribution in [2.24, 2.45) is 7.05 Å². The molecule has 0 N–H and O–H groups in total. The maximum absolute atomic E-state index is 13.0. The van der Waals surface area contributed by atoms with Crippen LogP contribution < -0.4 is 0 Å². The van der Waals surface area contributed by atoms with Crippen LogP contribution in [-0.4, -0.2) is 32.8 Å². The van der Waals surface area contributed by atoms with Crippen molar-refractivity contribution in [2.75, 3.05) is 13.1 Å². The molecule has 4 rings (SSSR count). The topological polar surface area (TPSA) is 34.0 Å². The normalized spacial score (nSPS) is 16.0. The quantitative estimate of drug-likeness (QED) is 0.566. The maximum Gasteiger partial charge on any atom is 0.416 e. The van der Waals surface area contributed by atoms with Crippen LogP contribution in [0.15, 0.2) is 48.7 Å². The molecule has 0 saturated carbocycles. The molecule has 7 heteroatoms. The molecule has 3 aromatic rings. The number of halogens is 3. The highest BCUT2D eigenvalue weighted by Gasteiger charge is 2.30. The van der Waals surface area contributed by atoms with Gasteiger partial charge in [0.15, 0.2) is 0 Å². The summed E-state index contributed by atoms with van der Waals surface area (Å²) >= 11 is 0. The van der Waals surface area contributed by atoms with E-state index in [1.165, 1.54) is 17.8 Å². The van der Waals surface area contributed by atoms with Crippen LogP contribution >= 0.6 is 0 Å². The number of aryl methyl sites for hydroxylation is 2. The third-order valence-electron chi connectivity index (χ3n) is 6.01. The Kier molecular flexibility index (Phi) is 6.14. The zero-order chi connectivity index (χ0) is 22.0. The van der Waals surface area contributed by atoms with Crippen LogP contribution in [0.5, 0.6) is 0 Å². The maximum atomic E-state index is 13.0. The summed E-state index contributed by atoms with van der Waals surface area (Å²) < 4.78 is 41.0. The highest BCUT2D eigenvalue weighted by molar-refractivity contribution is 5.33. The standard InChI is InChI=1S/C24H27F3N4/c1-17-12-19(13-18-4-3-5-21(14-18)24(25,26)27)15-23(29-17)20-7-10-31(11-8-20)16-22-6-9-28-30(22)2/h3-6,9,12,14-15,20H,7-8,10-11,13,16H2,1-2H3. The molecule has 164 valence electrons. The number of nitrogens with zero attached hydrogens (tertiary/aromatic N) is 4. The van der Waals surface area contributed by atoms with E-state index in [0.29, 0.717) is 17.9 Å². The van der Waals surface area contributed by atoms with Gasteiger partial charge in [0.2, 0.25) is 0 Å². The molecule has 2 aromatic heterocycles.